The van der Waals surface area contributed by atoms with E-state index in [0.29, 0.717) is 9.39 Å². The van der Waals surface area contributed by atoms with Gasteiger partial charge in [-0.05, 0) is 35.7 Å². The Balaban J connectivity index is 2.10. The average Bonchev–Trinajstić information content (AvgIpc) is 2.31. The van der Waals surface area contributed by atoms with Crippen LogP contribution in [-0.2, 0) is 0 Å². The summed E-state index contributed by atoms with van der Waals surface area (Å²) in [6.07, 6.45) is -3.56. The molecule has 0 atom stereocenters. The van der Waals surface area contributed by atoms with Crippen LogP contribution in [0.3, 0.4) is 0 Å². The molecule has 0 N–H and O–H groups in total. The van der Waals surface area contributed by atoms with Crippen molar-refractivity contribution in [3.8, 4) is 5.75 Å². The summed E-state index contributed by atoms with van der Waals surface area (Å²) < 4.78 is 40.7. The maximum atomic E-state index is 12.2. The molecule has 1 aliphatic rings. The highest BCUT2D eigenvalue weighted by molar-refractivity contribution is 14.1. The Kier molecular flexibility index (Phi) is 4.39. The van der Waals surface area contributed by atoms with Crippen LogP contribution in [0.25, 0.3) is 0 Å². The van der Waals surface area contributed by atoms with Crippen molar-refractivity contribution in [3.05, 3.63) is 15.8 Å². The molecule has 8 heteroatoms. The van der Waals surface area contributed by atoms with Crippen LogP contribution < -0.4 is 9.64 Å². The average molecular weight is 387 g/mol. The number of likely N-dealkylation sites (N-methyl/N-ethyl adjacent to an activating group) is 1. The highest BCUT2D eigenvalue weighted by atomic mass is 127. The molecular formula is C11H13F3IN3O. The Labute approximate surface area is 122 Å². The van der Waals surface area contributed by atoms with Gasteiger partial charge >= 0.3 is 6.36 Å². The van der Waals surface area contributed by atoms with Gasteiger partial charge in [0.1, 0.15) is 5.82 Å². The van der Waals surface area contributed by atoms with Crippen LogP contribution in [0.15, 0.2) is 12.3 Å². The molecule has 2 heterocycles. The number of alkyl halides is 3. The number of aromatic nitrogens is 1. The molecule has 1 aromatic heterocycles. The van der Waals surface area contributed by atoms with Crippen LogP contribution in [0.5, 0.6) is 5.75 Å². The lowest BCUT2D eigenvalue weighted by atomic mass is 10.3. The predicted molar refractivity (Wildman–Crippen MR) is 73.3 cm³/mol. The van der Waals surface area contributed by atoms with E-state index >= 15 is 0 Å². The van der Waals surface area contributed by atoms with Gasteiger partial charge in [-0.2, -0.15) is 0 Å². The number of hydrogen-bond donors (Lipinski definition) is 0. The molecule has 106 valence electrons. The molecule has 0 amide bonds. The van der Waals surface area contributed by atoms with Gasteiger partial charge in [0.25, 0.3) is 0 Å². The van der Waals surface area contributed by atoms with E-state index in [2.05, 4.69) is 19.5 Å². The second-order valence-corrected chi connectivity index (χ2v) is 5.47. The van der Waals surface area contributed by atoms with E-state index < -0.39 is 6.36 Å². The Morgan fingerprint density at radius 1 is 1.26 bits per heavy atom. The maximum absolute atomic E-state index is 12.2. The van der Waals surface area contributed by atoms with Gasteiger partial charge in [-0.15, -0.1) is 13.2 Å². The smallest absolute Gasteiger partial charge is 0.403 e. The van der Waals surface area contributed by atoms with Crippen LogP contribution >= 0.6 is 22.6 Å². The lowest BCUT2D eigenvalue weighted by Gasteiger charge is -2.33. The second-order valence-electron chi connectivity index (χ2n) is 4.31. The first-order valence-electron chi connectivity index (χ1n) is 5.70. The molecule has 0 aromatic carbocycles. The first kappa shape index (κ1) is 14.6. The zero-order valence-electron chi connectivity index (χ0n) is 10.2. The summed E-state index contributed by atoms with van der Waals surface area (Å²) in [6, 6.07) is 1.62. The topological polar surface area (TPSA) is 28.6 Å². The predicted octanol–water partition coefficient (Wildman–Crippen LogP) is 2.34. The van der Waals surface area contributed by atoms with E-state index in [9.17, 15) is 13.2 Å². The molecule has 19 heavy (non-hydrogen) atoms. The Morgan fingerprint density at radius 3 is 2.42 bits per heavy atom. The van der Waals surface area contributed by atoms with Crippen molar-refractivity contribution >= 4 is 28.4 Å². The SMILES string of the molecule is CN1CCN(c2cc(I)c(OC(F)(F)F)cn2)CC1. The van der Waals surface area contributed by atoms with E-state index in [1.807, 2.05) is 29.6 Å². The van der Waals surface area contributed by atoms with Crippen molar-refractivity contribution in [3.63, 3.8) is 0 Å². The zero-order chi connectivity index (χ0) is 14.0. The van der Waals surface area contributed by atoms with E-state index in [4.69, 9.17) is 0 Å². The number of halogens is 4. The molecule has 2 rings (SSSR count). The van der Waals surface area contributed by atoms with Gasteiger partial charge in [0, 0.05) is 26.2 Å². The molecule has 1 saturated heterocycles. The number of ether oxygens (including phenoxy) is 1. The first-order chi connectivity index (χ1) is 8.85. The Hall–Kier alpha value is -0.770. The van der Waals surface area contributed by atoms with Crippen LogP contribution in [0.2, 0.25) is 0 Å². The number of nitrogens with zero attached hydrogens (tertiary/aromatic N) is 3. The minimum absolute atomic E-state index is 0.258. The van der Waals surface area contributed by atoms with Gasteiger partial charge < -0.3 is 14.5 Å². The molecule has 0 aliphatic carbocycles. The van der Waals surface area contributed by atoms with Crippen LogP contribution in [-0.4, -0.2) is 49.5 Å². The summed E-state index contributed by atoms with van der Waals surface area (Å²) in [5.74, 6) is 0.429. The molecular weight excluding hydrogens is 374 g/mol. The van der Waals surface area contributed by atoms with Crippen molar-refractivity contribution in [2.24, 2.45) is 0 Å². The van der Waals surface area contributed by atoms with Crippen molar-refractivity contribution in [2.75, 3.05) is 38.1 Å². The lowest BCUT2D eigenvalue weighted by Crippen LogP contribution is -2.44. The van der Waals surface area contributed by atoms with Gasteiger partial charge in [0.05, 0.1) is 9.77 Å². The second kappa shape index (κ2) is 5.70. The third-order valence-electron chi connectivity index (χ3n) is 2.86. The highest BCUT2D eigenvalue weighted by Gasteiger charge is 2.32. The summed E-state index contributed by atoms with van der Waals surface area (Å²) >= 11 is 1.82. The molecule has 4 nitrogen and oxygen atoms in total. The number of pyridine rings is 1. The van der Waals surface area contributed by atoms with Gasteiger partial charge in [-0.3, -0.25) is 0 Å². The van der Waals surface area contributed by atoms with Gasteiger partial charge in [-0.1, -0.05) is 0 Å². The molecule has 0 unspecified atom stereocenters. The van der Waals surface area contributed by atoms with Crippen molar-refractivity contribution < 1.29 is 17.9 Å². The third kappa shape index (κ3) is 4.10. The number of piperazine rings is 1. The third-order valence-corrected chi connectivity index (χ3v) is 3.70. The summed E-state index contributed by atoms with van der Waals surface area (Å²) in [5.41, 5.74) is 0. The molecule has 1 aromatic rings. The molecule has 0 bridgehead atoms. The molecule has 1 fully saturated rings. The summed E-state index contributed by atoms with van der Waals surface area (Å²) in [5, 5.41) is 0. The number of hydrogen-bond acceptors (Lipinski definition) is 4. The van der Waals surface area contributed by atoms with Crippen molar-refractivity contribution in [1.82, 2.24) is 9.88 Å². The largest absolute Gasteiger partial charge is 0.573 e. The molecule has 0 saturated carbocycles. The molecule has 0 radical (unpaired) electrons. The summed E-state index contributed by atoms with van der Waals surface area (Å²) in [4.78, 5) is 8.30. The minimum atomic E-state index is -4.68. The van der Waals surface area contributed by atoms with Crippen molar-refractivity contribution in [1.29, 1.82) is 0 Å². The minimum Gasteiger partial charge on any atom is -0.403 e. The fourth-order valence-corrected chi connectivity index (χ4v) is 2.34. The van der Waals surface area contributed by atoms with E-state index in [1.165, 1.54) is 0 Å². The first-order valence-corrected chi connectivity index (χ1v) is 6.78. The molecule has 0 spiro atoms. The maximum Gasteiger partial charge on any atom is 0.573 e. The van der Waals surface area contributed by atoms with Gasteiger partial charge in [-0.25, -0.2) is 4.98 Å². The lowest BCUT2D eigenvalue weighted by molar-refractivity contribution is -0.275. The van der Waals surface area contributed by atoms with Gasteiger partial charge in [0.2, 0.25) is 0 Å². The number of anilines is 1. The Morgan fingerprint density at radius 2 is 1.89 bits per heavy atom. The van der Waals surface area contributed by atoms with Gasteiger partial charge in [0.15, 0.2) is 5.75 Å². The van der Waals surface area contributed by atoms with Crippen LogP contribution in [0, 0.1) is 3.57 Å². The Bertz CT molecular complexity index is 447. The highest BCUT2D eigenvalue weighted by Crippen LogP contribution is 2.29. The quantitative estimate of drug-likeness (QED) is 0.729. The standard InChI is InChI=1S/C11H13F3IN3O/c1-17-2-4-18(5-3-17)10-6-8(15)9(7-16-10)19-11(12,13)14/h6-7H,2-5H2,1H3. The number of rotatable bonds is 2. The molecule has 1 aliphatic heterocycles. The summed E-state index contributed by atoms with van der Waals surface area (Å²) in [6.45, 7) is 3.47. The fourth-order valence-electron chi connectivity index (χ4n) is 1.82. The van der Waals surface area contributed by atoms with E-state index in [0.717, 1.165) is 32.4 Å². The fraction of sp³-hybridized carbons (Fsp3) is 0.545. The zero-order valence-corrected chi connectivity index (χ0v) is 12.4. The monoisotopic (exact) mass is 387 g/mol. The normalized spacial score (nSPS) is 17.6. The van der Waals surface area contributed by atoms with E-state index in [1.54, 1.807) is 6.07 Å². The van der Waals surface area contributed by atoms with E-state index in [-0.39, 0.29) is 5.75 Å². The van der Waals surface area contributed by atoms with Crippen LogP contribution in [0.1, 0.15) is 0 Å². The van der Waals surface area contributed by atoms with Crippen molar-refractivity contribution in [2.45, 2.75) is 6.36 Å². The summed E-state index contributed by atoms with van der Waals surface area (Å²) in [7, 11) is 2.04. The van der Waals surface area contributed by atoms with Crippen LogP contribution in [0.4, 0.5) is 19.0 Å².